The van der Waals surface area contributed by atoms with Gasteiger partial charge in [-0.25, -0.2) is 0 Å². The highest BCUT2D eigenvalue weighted by molar-refractivity contribution is 6.31. The van der Waals surface area contributed by atoms with Crippen molar-refractivity contribution in [1.29, 1.82) is 0 Å². The molecule has 2 heterocycles. The van der Waals surface area contributed by atoms with Gasteiger partial charge < -0.3 is 10.6 Å². The number of carbonyl (C=O) groups is 2. The van der Waals surface area contributed by atoms with Crippen LogP contribution in [0.25, 0.3) is 0 Å². The number of pyridine rings is 2. The van der Waals surface area contributed by atoms with Crippen molar-refractivity contribution in [3.63, 3.8) is 0 Å². The molecule has 2 N–H and O–H groups in total. The van der Waals surface area contributed by atoms with Crippen molar-refractivity contribution in [2.75, 3.05) is 5.32 Å². The van der Waals surface area contributed by atoms with E-state index in [1.54, 1.807) is 36.7 Å². The third-order valence-electron chi connectivity index (χ3n) is 3.97. The second-order valence-electron chi connectivity index (χ2n) is 5.83. The maximum Gasteiger partial charge on any atom is 0.274 e. The van der Waals surface area contributed by atoms with Crippen LogP contribution in [0, 0.1) is 6.92 Å². The average Bonchev–Trinajstić information content (AvgIpc) is 2.70. The second-order valence-corrected chi connectivity index (χ2v) is 6.24. The number of halogens is 1. The third kappa shape index (κ3) is 4.68. The topological polar surface area (TPSA) is 84.0 Å². The summed E-state index contributed by atoms with van der Waals surface area (Å²) in [6.07, 6.45) is 4.75. The lowest BCUT2D eigenvalue weighted by atomic mass is 10.1. The Kier molecular flexibility index (Phi) is 5.78. The first kappa shape index (κ1) is 18.5. The van der Waals surface area contributed by atoms with Crippen LogP contribution in [-0.2, 0) is 6.54 Å². The molecular formula is C20H17ClN4O2. The zero-order valence-electron chi connectivity index (χ0n) is 14.6. The third-order valence-corrected chi connectivity index (χ3v) is 4.38. The fourth-order valence-corrected chi connectivity index (χ4v) is 2.58. The Morgan fingerprint density at radius 2 is 1.81 bits per heavy atom. The summed E-state index contributed by atoms with van der Waals surface area (Å²) in [5.41, 5.74) is 2.79. The van der Waals surface area contributed by atoms with Crippen LogP contribution in [0.15, 0.2) is 61.1 Å². The first-order chi connectivity index (χ1) is 13.0. The van der Waals surface area contributed by atoms with E-state index in [2.05, 4.69) is 20.6 Å². The van der Waals surface area contributed by atoms with E-state index in [9.17, 15) is 9.59 Å². The number of nitrogens with one attached hydrogen (secondary N) is 2. The highest BCUT2D eigenvalue weighted by Gasteiger charge is 2.13. The monoisotopic (exact) mass is 380 g/mol. The van der Waals surface area contributed by atoms with Crippen LogP contribution in [0.2, 0.25) is 5.02 Å². The summed E-state index contributed by atoms with van der Waals surface area (Å²) >= 11 is 6.07. The molecule has 0 radical (unpaired) electrons. The summed E-state index contributed by atoms with van der Waals surface area (Å²) in [6.45, 7) is 2.18. The Bertz CT molecular complexity index is 977. The molecule has 0 fully saturated rings. The van der Waals surface area contributed by atoms with Gasteiger partial charge in [-0.2, -0.15) is 0 Å². The lowest BCUT2D eigenvalue weighted by Gasteiger charge is -2.10. The van der Waals surface area contributed by atoms with E-state index in [1.165, 1.54) is 12.3 Å². The van der Waals surface area contributed by atoms with Crippen LogP contribution in [0.3, 0.4) is 0 Å². The van der Waals surface area contributed by atoms with Crippen molar-refractivity contribution in [3.05, 3.63) is 88.5 Å². The van der Waals surface area contributed by atoms with Crippen LogP contribution in [0.1, 0.15) is 32.0 Å². The maximum atomic E-state index is 12.5. The minimum atomic E-state index is -0.413. The lowest BCUT2D eigenvalue weighted by molar-refractivity contribution is 0.0950. The Balaban J connectivity index is 1.70. The summed E-state index contributed by atoms with van der Waals surface area (Å²) < 4.78 is 0. The molecule has 3 aromatic rings. The second kappa shape index (κ2) is 8.42. The number of hydrogen-bond acceptors (Lipinski definition) is 4. The number of aromatic nitrogens is 2. The molecule has 1 aromatic carbocycles. The molecule has 0 spiro atoms. The molecule has 6 nitrogen and oxygen atoms in total. The van der Waals surface area contributed by atoms with Crippen molar-refractivity contribution in [1.82, 2.24) is 15.3 Å². The summed E-state index contributed by atoms with van der Waals surface area (Å²) in [5.74, 6) is -0.702. The molecule has 0 aliphatic rings. The molecular weight excluding hydrogens is 364 g/mol. The predicted octanol–water partition coefficient (Wildman–Crippen LogP) is 3.62. The van der Waals surface area contributed by atoms with Crippen LogP contribution in [0.4, 0.5) is 5.69 Å². The van der Waals surface area contributed by atoms with Gasteiger partial charge in [-0.3, -0.25) is 19.6 Å². The van der Waals surface area contributed by atoms with Crippen LogP contribution < -0.4 is 10.6 Å². The number of rotatable bonds is 5. The van der Waals surface area contributed by atoms with Gasteiger partial charge in [0.15, 0.2) is 0 Å². The largest absolute Gasteiger partial charge is 0.348 e. The normalized spacial score (nSPS) is 10.3. The van der Waals surface area contributed by atoms with Gasteiger partial charge in [0, 0.05) is 41.4 Å². The van der Waals surface area contributed by atoms with Gasteiger partial charge in [0.25, 0.3) is 11.8 Å². The molecule has 136 valence electrons. The average molecular weight is 381 g/mol. The van der Waals surface area contributed by atoms with E-state index in [0.29, 0.717) is 22.8 Å². The van der Waals surface area contributed by atoms with Crippen molar-refractivity contribution in [2.45, 2.75) is 13.5 Å². The summed E-state index contributed by atoms with van der Waals surface area (Å²) in [4.78, 5) is 32.8. The van der Waals surface area contributed by atoms with Gasteiger partial charge in [0.2, 0.25) is 0 Å². The summed E-state index contributed by atoms with van der Waals surface area (Å²) in [6, 6.07) is 11.9. The van der Waals surface area contributed by atoms with Gasteiger partial charge in [0.1, 0.15) is 5.69 Å². The van der Waals surface area contributed by atoms with E-state index in [1.807, 2.05) is 19.1 Å². The number of anilines is 1. The standard InChI is InChI=1S/C20H17ClN4O2/c1-13-16(21)3-2-4-17(13)25-20(27)18-11-15(7-10-23-18)19(26)24-12-14-5-8-22-9-6-14/h2-11H,12H2,1H3,(H,24,26)(H,25,27). The molecule has 7 heteroatoms. The molecule has 3 rings (SSSR count). The number of hydrogen-bond donors (Lipinski definition) is 2. The fraction of sp³-hybridized carbons (Fsp3) is 0.100. The Hall–Kier alpha value is -3.25. The molecule has 0 bridgehead atoms. The van der Waals surface area contributed by atoms with Crippen LogP contribution in [0.5, 0.6) is 0 Å². The minimum Gasteiger partial charge on any atom is -0.348 e. The summed E-state index contributed by atoms with van der Waals surface area (Å²) in [7, 11) is 0. The van der Waals surface area contributed by atoms with Gasteiger partial charge in [-0.15, -0.1) is 0 Å². The van der Waals surface area contributed by atoms with Crippen molar-refractivity contribution < 1.29 is 9.59 Å². The van der Waals surface area contributed by atoms with Crippen LogP contribution in [-0.4, -0.2) is 21.8 Å². The van der Waals surface area contributed by atoms with Gasteiger partial charge in [0.05, 0.1) is 0 Å². The van der Waals surface area contributed by atoms with E-state index in [-0.39, 0.29) is 11.6 Å². The molecule has 0 saturated heterocycles. The molecule has 0 atom stereocenters. The summed E-state index contributed by atoms with van der Waals surface area (Å²) in [5, 5.41) is 6.13. The van der Waals surface area contributed by atoms with E-state index in [4.69, 9.17) is 11.6 Å². The Morgan fingerprint density at radius 3 is 2.59 bits per heavy atom. The molecule has 0 unspecified atom stereocenters. The van der Waals surface area contributed by atoms with Gasteiger partial charge in [-0.05, 0) is 54.4 Å². The van der Waals surface area contributed by atoms with E-state index >= 15 is 0 Å². The van der Waals surface area contributed by atoms with Crippen LogP contribution >= 0.6 is 11.6 Å². The number of nitrogens with zero attached hydrogens (tertiary/aromatic N) is 2. The minimum absolute atomic E-state index is 0.144. The fourth-order valence-electron chi connectivity index (χ4n) is 2.41. The van der Waals surface area contributed by atoms with Crippen molar-refractivity contribution >= 4 is 29.1 Å². The highest BCUT2D eigenvalue weighted by Crippen LogP contribution is 2.23. The zero-order valence-corrected chi connectivity index (χ0v) is 15.3. The van der Waals surface area contributed by atoms with E-state index < -0.39 is 5.91 Å². The molecule has 0 aliphatic heterocycles. The molecule has 2 amide bonds. The van der Waals surface area contributed by atoms with Gasteiger partial charge >= 0.3 is 0 Å². The SMILES string of the molecule is Cc1c(Cl)cccc1NC(=O)c1cc(C(=O)NCc2ccncc2)ccn1. The van der Waals surface area contributed by atoms with E-state index in [0.717, 1.165) is 11.1 Å². The quantitative estimate of drug-likeness (QED) is 0.708. The number of carbonyl (C=O) groups excluding carboxylic acids is 2. The zero-order chi connectivity index (χ0) is 19.2. The number of benzene rings is 1. The maximum absolute atomic E-state index is 12.5. The first-order valence-electron chi connectivity index (χ1n) is 8.24. The molecule has 2 aromatic heterocycles. The van der Waals surface area contributed by atoms with Crippen molar-refractivity contribution in [3.8, 4) is 0 Å². The predicted molar refractivity (Wildman–Crippen MR) is 104 cm³/mol. The van der Waals surface area contributed by atoms with Gasteiger partial charge in [-0.1, -0.05) is 17.7 Å². The molecule has 0 aliphatic carbocycles. The molecule has 27 heavy (non-hydrogen) atoms. The Labute approximate surface area is 161 Å². The Morgan fingerprint density at radius 1 is 1.04 bits per heavy atom. The smallest absolute Gasteiger partial charge is 0.274 e. The highest BCUT2D eigenvalue weighted by atomic mass is 35.5. The molecule has 0 saturated carbocycles. The first-order valence-corrected chi connectivity index (χ1v) is 8.62. The lowest BCUT2D eigenvalue weighted by Crippen LogP contribution is -2.23. The van der Waals surface area contributed by atoms with Crippen molar-refractivity contribution in [2.24, 2.45) is 0 Å². The number of amides is 2.